The normalized spacial score (nSPS) is 14.5. The summed E-state index contributed by atoms with van der Waals surface area (Å²) in [5, 5.41) is 5.13. The van der Waals surface area contributed by atoms with Crippen LogP contribution in [0.25, 0.3) is 10.8 Å². The molecule has 0 aliphatic carbocycles. The summed E-state index contributed by atoms with van der Waals surface area (Å²) in [6.45, 7) is 5.06. The molecule has 0 saturated carbocycles. The standard InChI is InChI=1S/C26H28N2O3/c29-25(22-10-9-20-5-1-2-6-21(20)17-22)11-12-26(30)27-18-23-7-3-4-8-24(23)19-28-13-15-31-16-14-28/h1-10,17H,11-16,18-19H2,(H,27,30)/p+1. The molecule has 0 unspecified atom stereocenters. The van der Waals surface area contributed by atoms with E-state index in [1.807, 2.05) is 54.6 Å². The number of carbonyl (C=O) groups is 2. The number of hydrogen-bond acceptors (Lipinski definition) is 3. The van der Waals surface area contributed by atoms with E-state index in [9.17, 15) is 9.59 Å². The summed E-state index contributed by atoms with van der Waals surface area (Å²) in [4.78, 5) is 26.4. The SMILES string of the molecule is O=C(CCC(=O)c1ccc2ccccc2c1)NCc1ccccc1C[NH+]1CCOCC1. The molecule has 31 heavy (non-hydrogen) atoms. The predicted octanol–water partition coefficient (Wildman–Crippen LogP) is 2.53. The van der Waals surface area contributed by atoms with Crippen molar-refractivity contribution in [3.8, 4) is 0 Å². The van der Waals surface area contributed by atoms with Crippen LogP contribution in [-0.2, 0) is 22.6 Å². The molecule has 1 heterocycles. The smallest absolute Gasteiger partial charge is 0.220 e. The Kier molecular flexibility index (Phi) is 7.07. The second kappa shape index (κ2) is 10.3. The van der Waals surface area contributed by atoms with Crippen LogP contribution in [0.1, 0.15) is 34.3 Å². The zero-order chi connectivity index (χ0) is 21.5. The van der Waals surface area contributed by atoms with Gasteiger partial charge in [-0.3, -0.25) is 9.59 Å². The summed E-state index contributed by atoms with van der Waals surface area (Å²) in [7, 11) is 0. The second-order valence-electron chi connectivity index (χ2n) is 8.07. The molecule has 0 bridgehead atoms. The highest BCUT2D eigenvalue weighted by molar-refractivity contribution is 6.01. The van der Waals surface area contributed by atoms with Crippen molar-refractivity contribution in [3.63, 3.8) is 0 Å². The van der Waals surface area contributed by atoms with Gasteiger partial charge in [0, 0.05) is 30.5 Å². The summed E-state index contributed by atoms with van der Waals surface area (Å²) < 4.78 is 5.44. The van der Waals surface area contributed by atoms with Crippen LogP contribution in [0.3, 0.4) is 0 Å². The number of nitrogens with one attached hydrogen (secondary N) is 2. The third kappa shape index (κ3) is 5.78. The number of carbonyl (C=O) groups excluding carboxylic acids is 2. The molecule has 2 N–H and O–H groups in total. The number of rotatable bonds is 8. The van der Waals surface area contributed by atoms with Gasteiger partial charge in [0.05, 0.1) is 13.2 Å². The van der Waals surface area contributed by atoms with Gasteiger partial charge in [0.15, 0.2) is 5.78 Å². The third-order valence-electron chi connectivity index (χ3n) is 5.89. The van der Waals surface area contributed by atoms with Crippen LogP contribution in [0.4, 0.5) is 0 Å². The maximum atomic E-state index is 12.5. The van der Waals surface area contributed by atoms with Gasteiger partial charge < -0.3 is 15.0 Å². The van der Waals surface area contributed by atoms with E-state index in [-0.39, 0.29) is 24.5 Å². The molecule has 5 nitrogen and oxygen atoms in total. The van der Waals surface area contributed by atoms with Gasteiger partial charge in [0.1, 0.15) is 19.6 Å². The molecule has 3 aromatic carbocycles. The molecule has 0 aromatic heterocycles. The average molecular weight is 418 g/mol. The summed E-state index contributed by atoms with van der Waals surface area (Å²) in [5.74, 6) is -0.0973. The fraction of sp³-hybridized carbons (Fsp3) is 0.308. The minimum atomic E-state index is -0.0948. The van der Waals surface area contributed by atoms with E-state index < -0.39 is 0 Å². The Morgan fingerprint density at radius 3 is 2.35 bits per heavy atom. The van der Waals surface area contributed by atoms with Crippen LogP contribution < -0.4 is 10.2 Å². The fourth-order valence-electron chi connectivity index (χ4n) is 4.02. The molecule has 1 amide bonds. The lowest BCUT2D eigenvalue weighted by molar-refractivity contribution is -0.921. The van der Waals surface area contributed by atoms with Crippen molar-refractivity contribution in [2.45, 2.75) is 25.9 Å². The van der Waals surface area contributed by atoms with Crippen LogP contribution >= 0.6 is 0 Å². The number of Topliss-reactive ketones (excluding diaryl/α,β-unsaturated/α-hetero) is 1. The van der Waals surface area contributed by atoms with Crippen molar-refractivity contribution in [2.24, 2.45) is 0 Å². The first-order valence-electron chi connectivity index (χ1n) is 11.0. The Bertz CT molecular complexity index is 1060. The Morgan fingerprint density at radius 1 is 0.839 bits per heavy atom. The van der Waals surface area contributed by atoms with Gasteiger partial charge >= 0.3 is 0 Å². The number of ketones is 1. The van der Waals surface area contributed by atoms with Crippen LogP contribution in [0.5, 0.6) is 0 Å². The minimum absolute atomic E-state index is 0.00257. The van der Waals surface area contributed by atoms with Gasteiger partial charge in [0.25, 0.3) is 0 Å². The number of hydrogen-bond donors (Lipinski definition) is 2. The van der Waals surface area contributed by atoms with Crippen LogP contribution in [0, 0.1) is 0 Å². The zero-order valence-corrected chi connectivity index (χ0v) is 17.7. The van der Waals surface area contributed by atoms with Crippen molar-refractivity contribution in [2.75, 3.05) is 26.3 Å². The van der Waals surface area contributed by atoms with Gasteiger partial charge in [-0.05, 0) is 22.4 Å². The lowest BCUT2D eigenvalue weighted by Gasteiger charge is -2.24. The minimum Gasteiger partial charge on any atom is -0.370 e. The second-order valence-corrected chi connectivity index (χ2v) is 8.07. The van der Waals surface area contributed by atoms with Crippen molar-refractivity contribution >= 4 is 22.5 Å². The first-order valence-corrected chi connectivity index (χ1v) is 11.0. The Balaban J connectivity index is 1.28. The summed E-state index contributed by atoms with van der Waals surface area (Å²) in [6, 6.07) is 21.9. The highest BCUT2D eigenvalue weighted by atomic mass is 16.5. The van der Waals surface area contributed by atoms with Gasteiger partial charge in [0.2, 0.25) is 5.91 Å². The van der Waals surface area contributed by atoms with Gasteiger partial charge in [-0.25, -0.2) is 0 Å². The van der Waals surface area contributed by atoms with Crippen molar-refractivity contribution in [1.29, 1.82) is 0 Å². The van der Waals surface area contributed by atoms with E-state index in [2.05, 4.69) is 17.4 Å². The molecule has 3 aromatic rings. The lowest BCUT2D eigenvalue weighted by Crippen LogP contribution is -3.12. The first-order chi connectivity index (χ1) is 15.2. The molecule has 0 radical (unpaired) electrons. The molecule has 5 heteroatoms. The molecule has 1 saturated heterocycles. The van der Waals surface area contributed by atoms with Gasteiger partial charge in [-0.2, -0.15) is 0 Å². The number of fused-ring (bicyclic) bond motifs is 1. The molecular formula is C26H29N2O3+. The predicted molar refractivity (Wildman–Crippen MR) is 121 cm³/mol. The Labute approximate surface area is 183 Å². The van der Waals surface area contributed by atoms with Crippen LogP contribution in [0.15, 0.2) is 66.7 Å². The average Bonchev–Trinajstić information content (AvgIpc) is 2.82. The first kappa shape index (κ1) is 21.2. The van der Waals surface area contributed by atoms with E-state index in [1.54, 1.807) is 0 Å². The van der Waals surface area contributed by atoms with Gasteiger partial charge in [-0.1, -0.05) is 60.7 Å². The maximum Gasteiger partial charge on any atom is 0.220 e. The number of ether oxygens (including phenoxy) is 1. The Hall–Kier alpha value is -3.02. The zero-order valence-electron chi connectivity index (χ0n) is 17.7. The molecule has 160 valence electrons. The number of quaternary nitrogens is 1. The van der Waals surface area contributed by atoms with E-state index in [0.717, 1.165) is 49.2 Å². The largest absolute Gasteiger partial charge is 0.370 e. The van der Waals surface area contributed by atoms with Crippen LogP contribution in [-0.4, -0.2) is 38.0 Å². The molecular weight excluding hydrogens is 388 g/mol. The van der Waals surface area contributed by atoms with Crippen molar-refractivity contribution < 1.29 is 19.2 Å². The molecule has 1 aliphatic heterocycles. The highest BCUT2D eigenvalue weighted by Gasteiger charge is 2.16. The van der Waals surface area contributed by atoms with Crippen LogP contribution in [0.2, 0.25) is 0 Å². The molecule has 1 fully saturated rings. The van der Waals surface area contributed by atoms with E-state index in [0.29, 0.717) is 12.1 Å². The number of morpholine rings is 1. The lowest BCUT2D eigenvalue weighted by atomic mass is 10.0. The molecule has 1 aliphatic rings. The summed E-state index contributed by atoms with van der Waals surface area (Å²) in [6.07, 6.45) is 0.409. The van der Waals surface area contributed by atoms with E-state index in [1.165, 1.54) is 10.5 Å². The van der Waals surface area contributed by atoms with E-state index >= 15 is 0 Å². The third-order valence-corrected chi connectivity index (χ3v) is 5.89. The maximum absolute atomic E-state index is 12.5. The Morgan fingerprint density at radius 2 is 1.55 bits per heavy atom. The highest BCUT2D eigenvalue weighted by Crippen LogP contribution is 2.17. The van der Waals surface area contributed by atoms with Gasteiger partial charge in [-0.15, -0.1) is 0 Å². The topological polar surface area (TPSA) is 59.8 Å². The monoisotopic (exact) mass is 417 g/mol. The fourth-order valence-corrected chi connectivity index (χ4v) is 4.02. The number of benzene rings is 3. The summed E-state index contributed by atoms with van der Waals surface area (Å²) >= 11 is 0. The quantitative estimate of drug-likeness (QED) is 0.554. The molecule has 4 rings (SSSR count). The molecule has 0 atom stereocenters. The van der Waals surface area contributed by atoms with Crippen molar-refractivity contribution in [1.82, 2.24) is 5.32 Å². The van der Waals surface area contributed by atoms with E-state index in [4.69, 9.17) is 4.74 Å². The van der Waals surface area contributed by atoms with Crippen molar-refractivity contribution in [3.05, 3.63) is 83.4 Å². The number of amides is 1. The molecule has 0 spiro atoms. The summed E-state index contributed by atoms with van der Waals surface area (Å²) in [5.41, 5.74) is 3.05.